The first kappa shape index (κ1) is 12.0. The maximum absolute atomic E-state index is 13.1. The third-order valence-corrected chi connectivity index (χ3v) is 2.41. The SMILES string of the molecule is COc1ccc(C(C)F)cc1CCCN. The lowest BCUT2D eigenvalue weighted by Crippen LogP contribution is -2.02. The van der Waals surface area contributed by atoms with Crippen LogP contribution in [0.15, 0.2) is 18.2 Å². The van der Waals surface area contributed by atoms with Crippen LogP contribution in [0.4, 0.5) is 4.39 Å². The normalized spacial score (nSPS) is 12.5. The summed E-state index contributed by atoms with van der Waals surface area (Å²) in [6.07, 6.45) is 0.785. The number of halogens is 1. The van der Waals surface area contributed by atoms with Crippen LogP contribution in [0.2, 0.25) is 0 Å². The van der Waals surface area contributed by atoms with E-state index in [1.54, 1.807) is 13.2 Å². The number of rotatable bonds is 5. The smallest absolute Gasteiger partial charge is 0.122 e. The second kappa shape index (κ2) is 5.71. The summed E-state index contributed by atoms with van der Waals surface area (Å²) in [5.74, 6) is 0.813. The average Bonchev–Trinajstić information content (AvgIpc) is 2.25. The predicted octanol–water partition coefficient (Wildman–Crippen LogP) is 2.62. The zero-order chi connectivity index (χ0) is 11.3. The van der Waals surface area contributed by atoms with E-state index in [1.807, 2.05) is 12.1 Å². The minimum Gasteiger partial charge on any atom is -0.496 e. The molecule has 0 radical (unpaired) electrons. The van der Waals surface area contributed by atoms with Crippen molar-refractivity contribution in [1.82, 2.24) is 0 Å². The van der Waals surface area contributed by atoms with E-state index >= 15 is 0 Å². The minimum absolute atomic E-state index is 0.637. The summed E-state index contributed by atoms with van der Waals surface area (Å²) in [7, 11) is 1.62. The Hall–Kier alpha value is -1.09. The van der Waals surface area contributed by atoms with Crippen LogP contribution in [0.3, 0.4) is 0 Å². The number of ether oxygens (including phenoxy) is 1. The van der Waals surface area contributed by atoms with Crippen LogP contribution in [-0.2, 0) is 6.42 Å². The lowest BCUT2D eigenvalue weighted by molar-refractivity contribution is 0.372. The summed E-state index contributed by atoms with van der Waals surface area (Å²) in [6, 6.07) is 5.44. The molecule has 1 rings (SSSR count). The van der Waals surface area contributed by atoms with Gasteiger partial charge in [0, 0.05) is 0 Å². The maximum Gasteiger partial charge on any atom is 0.122 e. The fourth-order valence-electron chi connectivity index (χ4n) is 1.53. The summed E-state index contributed by atoms with van der Waals surface area (Å²) in [5, 5.41) is 0. The van der Waals surface area contributed by atoms with E-state index in [0.717, 1.165) is 24.2 Å². The molecule has 0 saturated carbocycles. The van der Waals surface area contributed by atoms with Crippen molar-refractivity contribution >= 4 is 0 Å². The van der Waals surface area contributed by atoms with Gasteiger partial charge >= 0.3 is 0 Å². The fraction of sp³-hybridized carbons (Fsp3) is 0.500. The van der Waals surface area contributed by atoms with Gasteiger partial charge in [0.2, 0.25) is 0 Å². The van der Waals surface area contributed by atoms with Gasteiger partial charge in [0.05, 0.1) is 7.11 Å². The molecular formula is C12H18FNO. The first-order valence-electron chi connectivity index (χ1n) is 5.20. The van der Waals surface area contributed by atoms with Gasteiger partial charge in [0.1, 0.15) is 11.9 Å². The Labute approximate surface area is 90.2 Å². The van der Waals surface area contributed by atoms with Crippen LogP contribution in [0.5, 0.6) is 5.75 Å². The standard InChI is InChI=1S/C12H18FNO/c1-9(13)10-5-6-12(15-2)11(8-10)4-3-7-14/h5-6,8-9H,3-4,7,14H2,1-2H3. The highest BCUT2D eigenvalue weighted by Crippen LogP contribution is 2.25. The van der Waals surface area contributed by atoms with E-state index in [4.69, 9.17) is 10.5 Å². The highest BCUT2D eigenvalue weighted by Gasteiger charge is 2.08. The van der Waals surface area contributed by atoms with Crippen LogP contribution >= 0.6 is 0 Å². The number of hydrogen-bond donors (Lipinski definition) is 1. The van der Waals surface area contributed by atoms with Crippen molar-refractivity contribution < 1.29 is 9.13 Å². The molecule has 15 heavy (non-hydrogen) atoms. The number of aryl methyl sites for hydroxylation is 1. The molecule has 1 atom stereocenters. The number of methoxy groups -OCH3 is 1. The van der Waals surface area contributed by atoms with Gasteiger partial charge in [-0.25, -0.2) is 4.39 Å². The topological polar surface area (TPSA) is 35.2 Å². The number of nitrogens with two attached hydrogens (primary N) is 1. The molecule has 1 aromatic carbocycles. The van der Waals surface area contributed by atoms with Crippen molar-refractivity contribution in [2.24, 2.45) is 5.73 Å². The zero-order valence-electron chi connectivity index (χ0n) is 9.29. The average molecular weight is 211 g/mol. The molecule has 0 spiro atoms. The molecule has 0 aliphatic rings. The first-order chi connectivity index (χ1) is 7.19. The maximum atomic E-state index is 13.1. The minimum atomic E-state index is -0.937. The summed E-state index contributed by atoms with van der Waals surface area (Å²) in [6.45, 7) is 2.17. The van der Waals surface area contributed by atoms with Gasteiger partial charge in [-0.15, -0.1) is 0 Å². The summed E-state index contributed by atoms with van der Waals surface area (Å²) in [4.78, 5) is 0. The largest absolute Gasteiger partial charge is 0.496 e. The molecule has 0 amide bonds. The molecule has 1 aromatic rings. The molecule has 3 heteroatoms. The van der Waals surface area contributed by atoms with Gasteiger partial charge < -0.3 is 10.5 Å². The molecule has 0 heterocycles. The van der Waals surface area contributed by atoms with Crippen LogP contribution in [0.1, 0.15) is 30.6 Å². The molecule has 0 aliphatic carbocycles. The van der Waals surface area contributed by atoms with Crippen LogP contribution in [-0.4, -0.2) is 13.7 Å². The van der Waals surface area contributed by atoms with Gasteiger partial charge in [0.25, 0.3) is 0 Å². The molecular weight excluding hydrogens is 193 g/mol. The lowest BCUT2D eigenvalue weighted by atomic mass is 10.0. The third kappa shape index (κ3) is 3.20. The zero-order valence-corrected chi connectivity index (χ0v) is 9.29. The van der Waals surface area contributed by atoms with Gasteiger partial charge in [-0.05, 0) is 49.6 Å². The summed E-state index contributed by atoms with van der Waals surface area (Å²) < 4.78 is 18.3. The van der Waals surface area contributed by atoms with E-state index in [2.05, 4.69) is 0 Å². The number of benzene rings is 1. The first-order valence-corrected chi connectivity index (χ1v) is 5.20. The lowest BCUT2D eigenvalue weighted by Gasteiger charge is -2.11. The molecule has 0 aliphatic heterocycles. The summed E-state index contributed by atoms with van der Waals surface area (Å²) >= 11 is 0. The quantitative estimate of drug-likeness (QED) is 0.812. The second-order valence-corrected chi connectivity index (χ2v) is 3.58. The third-order valence-electron chi connectivity index (χ3n) is 2.41. The molecule has 0 fully saturated rings. The van der Waals surface area contributed by atoms with Crippen molar-refractivity contribution in [2.45, 2.75) is 25.9 Å². The number of hydrogen-bond acceptors (Lipinski definition) is 2. The Kier molecular flexibility index (Phi) is 4.56. The van der Waals surface area contributed by atoms with Gasteiger partial charge in [-0.2, -0.15) is 0 Å². The van der Waals surface area contributed by atoms with E-state index in [-0.39, 0.29) is 0 Å². The van der Waals surface area contributed by atoms with Gasteiger partial charge in [0.15, 0.2) is 0 Å². The highest BCUT2D eigenvalue weighted by atomic mass is 19.1. The second-order valence-electron chi connectivity index (χ2n) is 3.58. The Bertz CT molecular complexity index is 312. The highest BCUT2D eigenvalue weighted by molar-refractivity contribution is 5.38. The molecule has 0 aromatic heterocycles. The van der Waals surface area contributed by atoms with Gasteiger partial charge in [-0.1, -0.05) is 6.07 Å². The molecule has 84 valence electrons. The van der Waals surface area contributed by atoms with Crippen molar-refractivity contribution in [3.05, 3.63) is 29.3 Å². The van der Waals surface area contributed by atoms with Crippen molar-refractivity contribution in [1.29, 1.82) is 0 Å². The molecule has 1 unspecified atom stereocenters. The van der Waals surface area contributed by atoms with E-state index in [9.17, 15) is 4.39 Å². The Morgan fingerprint density at radius 1 is 1.47 bits per heavy atom. The molecule has 2 N–H and O–H groups in total. The summed E-state index contributed by atoms with van der Waals surface area (Å²) in [5.41, 5.74) is 7.18. The van der Waals surface area contributed by atoms with Crippen LogP contribution in [0.25, 0.3) is 0 Å². The van der Waals surface area contributed by atoms with Crippen molar-refractivity contribution in [2.75, 3.05) is 13.7 Å². The molecule has 0 bridgehead atoms. The van der Waals surface area contributed by atoms with Crippen LogP contribution < -0.4 is 10.5 Å². The van der Waals surface area contributed by atoms with E-state index in [0.29, 0.717) is 12.1 Å². The molecule has 2 nitrogen and oxygen atoms in total. The van der Waals surface area contributed by atoms with Gasteiger partial charge in [-0.3, -0.25) is 0 Å². The Balaban J connectivity index is 2.91. The van der Waals surface area contributed by atoms with Crippen molar-refractivity contribution in [3.63, 3.8) is 0 Å². The van der Waals surface area contributed by atoms with E-state index < -0.39 is 6.17 Å². The monoisotopic (exact) mass is 211 g/mol. The van der Waals surface area contributed by atoms with E-state index in [1.165, 1.54) is 6.92 Å². The fourth-order valence-corrected chi connectivity index (χ4v) is 1.53. The number of alkyl halides is 1. The predicted molar refractivity (Wildman–Crippen MR) is 59.9 cm³/mol. The van der Waals surface area contributed by atoms with Crippen molar-refractivity contribution in [3.8, 4) is 5.75 Å². The van der Waals surface area contributed by atoms with Crippen LogP contribution in [0, 0.1) is 0 Å². The Morgan fingerprint density at radius 2 is 2.20 bits per heavy atom. The Morgan fingerprint density at radius 3 is 2.73 bits per heavy atom. The molecule has 0 saturated heterocycles.